The molecule has 17 heavy (non-hydrogen) atoms. The molecule has 0 aromatic carbocycles. The number of carbonyl (C=O) groups excluding carboxylic acids is 1. The molecule has 1 amide bonds. The highest BCUT2D eigenvalue weighted by Gasteiger charge is 2.18. The third-order valence-electron chi connectivity index (χ3n) is 2.24. The maximum atomic E-state index is 11.8. The lowest BCUT2D eigenvalue weighted by Gasteiger charge is -2.22. The average Bonchev–Trinajstić information content (AvgIpc) is 2.34. The van der Waals surface area contributed by atoms with Gasteiger partial charge in [0.1, 0.15) is 5.38 Å². The number of nitrogens with zero attached hydrogens (tertiary/aromatic N) is 3. The Bertz CT molecular complexity index is 400. The van der Waals surface area contributed by atoms with Crippen molar-refractivity contribution in [1.29, 1.82) is 5.26 Å². The van der Waals surface area contributed by atoms with Crippen molar-refractivity contribution >= 4 is 17.5 Å². The van der Waals surface area contributed by atoms with Crippen LogP contribution in [0.15, 0.2) is 24.5 Å². The summed E-state index contributed by atoms with van der Waals surface area (Å²) < 4.78 is 0. The van der Waals surface area contributed by atoms with Crippen molar-refractivity contribution in [3.63, 3.8) is 0 Å². The summed E-state index contributed by atoms with van der Waals surface area (Å²) in [6.07, 6.45) is 3.68. The van der Waals surface area contributed by atoms with E-state index >= 15 is 0 Å². The zero-order chi connectivity index (χ0) is 12.7. The summed E-state index contributed by atoms with van der Waals surface area (Å²) in [4.78, 5) is 17.4. The number of halogens is 1. The lowest BCUT2D eigenvalue weighted by molar-refractivity contribution is -0.131. The molecule has 1 rings (SSSR count). The number of carbonyl (C=O) groups is 1. The molecule has 0 bridgehead atoms. The highest BCUT2D eigenvalue weighted by atomic mass is 35.5. The molecule has 1 atom stereocenters. The van der Waals surface area contributed by atoms with Crippen LogP contribution in [0.25, 0.3) is 0 Å². The number of rotatable bonds is 5. The average molecular weight is 252 g/mol. The molecular weight excluding hydrogens is 238 g/mol. The second kappa shape index (κ2) is 6.87. The van der Waals surface area contributed by atoms with Crippen molar-refractivity contribution < 1.29 is 4.79 Å². The van der Waals surface area contributed by atoms with Gasteiger partial charge in [0.05, 0.1) is 12.5 Å². The summed E-state index contributed by atoms with van der Waals surface area (Å²) in [6.45, 7) is 2.46. The van der Waals surface area contributed by atoms with Crippen LogP contribution in [0, 0.1) is 11.3 Å². The normalized spacial score (nSPS) is 11.6. The number of aromatic nitrogens is 1. The summed E-state index contributed by atoms with van der Waals surface area (Å²) in [5.41, 5.74) is 0.927. The summed E-state index contributed by atoms with van der Waals surface area (Å²) in [7, 11) is 0. The van der Waals surface area contributed by atoms with Crippen LogP contribution in [0.5, 0.6) is 0 Å². The summed E-state index contributed by atoms with van der Waals surface area (Å²) in [5.74, 6) is -0.161. The Morgan fingerprint density at radius 2 is 2.47 bits per heavy atom. The highest BCUT2D eigenvalue weighted by Crippen LogP contribution is 2.08. The van der Waals surface area contributed by atoms with Crippen LogP contribution in [0.2, 0.25) is 0 Å². The van der Waals surface area contributed by atoms with Gasteiger partial charge in [0.25, 0.3) is 0 Å². The largest absolute Gasteiger partial charge is 0.336 e. The number of hydrogen-bond acceptors (Lipinski definition) is 3. The van der Waals surface area contributed by atoms with Crippen LogP contribution in [0.3, 0.4) is 0 Å². The minimum absolute atomic E-state index is 0.161. The molecule has 0 aliphatic carbocycles. The summed E-state index contributed by atoms with van der Waals surface area (Å²) in [5, 5.41) is 7.99. The Kier molecular flexibility index (Phi) is 5.44. The van der Waals surface area contributed by atoms with Gasteiger partial charge in [-0.05, 0) is 18.6 Å². The van der Waals surface area contributed by atoms with E-state index in [-0.39, 0.29) is 5.91 Å². The Morgan fingerprint density at radius 1 is 1.71 bits per heavy atom. The molecule has 0 N–H and O–H groups in total. The van der Waals surface area contributed by atoms with E-state index in [1.165, 1.54) is 0 Å². The second-order valence-electron chi connectivity index (χ2n) is 3.65. The van der Waals surface area contributed by atoms with Crippen molar-refractivity contribution in [1.82, 2.24) is 9.88 Å². The molecule has 0 fully saturated rings. The molecule has 0 spiro atoms. The van der Waals surface area contributed by atoms with Gasteiger partial charge in [-0.15, -0.1) is 11.6 Å². The molecule has 1 aromatic rings. The molecule has 90 valence electrons. The van der Waals surface area contributed by atoms with Gasteiger partial charge in [-0.3, -0.25) is 9.78 Å². The first-order valence-electron chi connectivity index (χ1n) is 5.34. The van der Waals surface area contributed by atoms with Gasteiger partial charge in [0.2, 0.25) is 5.91 Å². The van der Waals surface area contributed by atoms with E-state index in [0.717, 1.165) is 5.56 Å². The molecule has 0 saturated heterocycles. The third-order valence-corrected chi connectivity index (χ3v) is 2.43. The van der Waals surface area contributed by atoms with E-state index in [0.29, 0.717) is 19.5 Å². The summed E-state index contributed by atoms with van der Waals surface area (Å²) in [6, 6.07) is 5.72. The first-order chi connectivity index (χ1) is 8.15. The lowest BCUT2D eigenvalue weighted by Crippen LogP contribution is -2.35. The monoisotopic (exact) mass is 251 g/mol. The van der Waals surface area contributed by atoms with Crippen LogP contribution in [-0.4, -0.2) is 27.7 Å². The molecule has 0 saturated carbocycles. The van der Waals surface area contributed by atoms with Crippen LogP contribution >= 0.6 is 11.6 Å². The van der Waals surface area contributed by atoms with Gasteiger partial charge in [-0.1, -0.05) is 6.07 Å². The Morgan fingerprint density at radius 3 is 3.00 bits per heavy atom. The van der Waals surface area contributed by atoms with Gasteiger partial charge in [0, 0.05) is 25.5 Å². The molecule has 1 unspecified atom stereocenters. The number of amides is 1. The Hall–Kier alpha value is -1.60. The van der Waals surface area contributed by atoms with Crippen LogP contribution < -0.4 is 0 Å². The Labute approximate surface area is 106 Å². The molecule has 1 heterocycles. The second-order valence-corrected chi connectivity index (χ2v) is 4.30. The van der Waals surface area contributed by atoms with Gasteiger partial charge in [0.15, 0.2) is 0 Å². The van der Waals surface area contributed by atoms with Crippen molar-refractivity contribution in [3.8, 4) is 6.07 Å². The van der Waals surface area contributed by atoms with Crippen LogP contribution in [0.1, 0.15) is 18.9 Å². The maximum absolute atomic E-state index is 11.8. The lowest BCUT2D eigenvalue weighted by atomic mass is 10.2. The number of pyridine rings is 1. The number of nitriles is 1. The predicted octanol–water partition coefficient (Wildman–Crippen LogP) is 1.95. The fourth-order valence-corrected chi connectivity index (χ4v) is 1.55. The van der Waals surface area contributed by atoms with E-state index in [2.05, 4.69) is 4.98 Å². The SMILES string of the molecule is CC(Cl)C(=O)N(CCC#N)Cc1cccnc1. The van der Waals surface area contributed by atoms with Gasteiger partial charge in [-0.2, -0.15) is 5.26 Å². The highest BCUT2D eigenvalue weighted by molar-refractivity contribution is 6.30. The molecular formula is C12H14ClN3O. The van der Waals surface area contributed by atoms with E-state index in [9.17, 15) is 4.79 Å². The quantitative estimate of drug-likeness (QED) is 0.752. The zero-order valence-corrected chi connectivity index (χ0v) is 10.4. The Balaban J connectivity index is 2.70. The fraction of sp³-hybridized carbons (Fsp3) is 0.417. The minimum Gasteiger partial charge on any atom is -0.336 e. The van der Waals surface area contributed by atoms with Crippen LogP contribution in [0.4, 0.5) is 0 Å². The molecule has 0 radical (unpaired) electrons. The van der Waals surface area contributed by atoms with Gasteiger partial charge in [-0.25, -0.2) is 0 Å². The van der Waals surface area contributed by atoms with Crippen molar-refractivity contribution in [2.75, 3.05) is 6.54 Å². The third kappa shape index (κ3) is 4.41. The predicted molar refractivity (Wildman–Crippen MR) is 65.2 cm³/mol. The van der Waals surface area contributed by atoms with Crippen molar-refractivity contribution in [2.45, 2.75) is 25.3 Å². The molecule has 1 aromatic heterocycles. The van der Waals surface area contributed by atoms with Crippen LogP contribution in [-0.2, 0) is 11.3 Å². The molecule has 5 heteroatoms. The van der Waals surface area contributed by atoms with Crippen molar-refractivity contribution in [2.24, 2.45) is 0 Å². The smallest absolute Gasteiger partial charge is 0.240 e. The topological polar surface area (TPSA) is 57.0 Å². The zero-order valence-electron chi connectivity index (χ0n) is 9.64. The standard InChI is InChI=1S/C12H14ClN3O/c1-10(13)12(17)16(7-3-5-14)9-11-4-2-6-15-8-11/h2,4,6,8,10H,3,7,9H2,1H3. The first kappa shape index (κ1) is 13.5. The van der Waals surface area contributed by atoms with E-state index < -0.39 is 5.38 Å². The fourth-order valence-electron chi connectivity index (χ4n) is 1.42. The number of hydrogen-bond donors (Lipinski definition) is 0. The first-order valence-corrected chi connectivity index (χ1v) is 5.77. The maximum Gasteiger partial charge on any atom is 0.240 e. The molecule has 0 aliphatic rings. The molecule has 4 nitrogen and oxygen atoms in total. The van der Waals surface area contributed by atoms with Gasteiger partial charge < -0.3 is 4.90 Å². The molecule has 0 aliphatic heterocycles. The minimum atomic E-state index is -0.578. The van der Waals surface area contributed by atoms with Gasteiger partial charge >= 0.3 is 0 Å². The van der Waals surface area contributed by atoms with E-state index in [1.54, 1.807) is 24.2 Å². The number of alkyl halides is 1. The summed E-state index contributed by atoms with van der Waals surface area (Å²) >= 11 is 5.78. The van der Waals surface area contributed by atoms with Crippen molar-refractivity contribution in [3.05, 3.63) is 30.1 Å². The van der Waals surface area contributed by atoms with E-state index in [4.69, 9.17) is 16.9 Å². The van der Waals surface area contributed by atoms with E-state index in [1.807, 2.05) is 18.2 Å².